The molecule has 5 aromatic rings. The number of fused-ring (bicyclic) bond motifs is 2. The van der Waals surface area contributed by atoms with Gasteiger partial charge in [0, 0.05) is 28.2 Å². The molecule has 1 amide bonds. The summed E-state index contributed by atoms with van der Waals surface area (Å²) in [6.45, 7) is 0. The number of aromatic hydroxyl groups is 1. The molecule has 4 N–H and O–H groups in total. The van der Waals surface area contributed by atoms with Crippen LogP contribution in [0.2, 0.25) is 0 Å². The van der Waals surface area contributed by atoms with Crippen LogP contribution in [0.3, 0.4) is 0 Å². The molecule has 0 aliphatic heterocycles. The fourth-order valence-corrected chi connectivity index (χ4v) is 3.38. The zero-order valence-corrected chi connectivity index (χ0v) is 15.8. The number of phenolic OH excluding ortho intramolecular Hbond substituents is 1. The third kappa shape index (κ3) is 3.18. The summed E-state index contributed by atoms with van der Waals surface area (Å²) in [4.78, 5) is 23.3. The van der Waals surface area contributed by atoms with Gasteiger partial charge in [0.05, 0.1) is 22.8 Å². The molecule has 0 saturated heterocycles. The molecule has 2 aromatic heterocycles. The van der Waals surface area contributed by atoms with Gasteiger partial charge in [-0.25, -0.2) is 10.4 Å². The van der Waals surface area contributed by atoms with Crippen molar-refractivity contribution in [2.45, 2.75) is 0 Å². The predicted molar refractivity (Wildman–Crippen MR) is 117 cm³/mol. The summed E-state index contributed by atoms with van der Waals surface area (Å²) in [7, 11) is 0. The topological polar surface area (TPSA) is 106 Å². The Morgan fingerprint density at radius 3 is 2.77 bits per heavy atom. The summed E-state index contributed by atoms with van der Waals surface area (Å²) in [5.74, 6) is 0.353. The van der Waals surface area contributed by atoms with Crippen LogP contribution in [-0.4, -0.2) is 32.2 Å². The highest BCUT2D eigenvalue weighted by atomic mass is 16.3. The van der Waals surface area contributed by atoms with E-state index < -0.39 is 0 Å². The third-order valence-electron chi connectivity index (χ3n) is 4.89. The van der Waals surface area contributed by atoms with Crippen LogP contribution in [0.4, 0.5) is 0 Å². The van der Waals surface area contributed by atoms with Crippen LogP contribution in [0.25, 0.3) is 33.3 Å². The standard InChI is InChI=1S/C23H17N5O2/c29-21-8-4-2-6-17(21)22-26-19-10-9-14(11-20(19)27-22)23(30)28-25-13-15-12-24-18-7-3-1-5-16(15)18/h1-13,24,29H,(H,26,27)(H,28,30)/b25-13+. The Bertz CT molecular complexity index is 1410. The molecule has 0 atom stereocenters. The van der Waals surface area contributed by atoms with E-state index in [1.165, 1.54) is 0 Å². The second-order valence-electron chi connectivity index (χ2n) is 6.82. The summed E-state index contributed by atoms with van der Waals surface area (Å²) in [6, 6.07) is 20.0. The normalized spacial score (nSPS) is 11.5. The number of hydrogen-bond donors (Lipinski definition) is 4. The molecule has 5 rings (SSSR count). The lowest BCUT2D eigenvalue weighted by Gasteiger charge is -2.00. The van der Waals surface area contributed by atoms with E-state index in [4.69, 9.17) is 0 Å². The third-order valence-corrected chi connectivity index (χ3v) is 4.89. The lowest BCUT2D eigenvalue weighted by atomic mass is 10.2. The lowest BCUT2D eigenvalue weighted by Crippen LogP contribution is -2.17. The van der Waals surface area contributed by atoms with Gasteiger partial charge in [-0.15, -0.1) is 0 Å². The van der Waals surface area contributed by atoms with Gasteiger partial charge in [-0.05, 0) is 36.4 Å². The quantitative estimate of drug-likeness (QED) is 0.271. The average molecular weight is 395 g/mol. The van der Waals surface area contributed by atoms with Crippen molar-refractivity contribution in [1.82, 2.24) is 20.4 Å². The van der Waals surface area contributed by atoms with E-state index in [-0.39, 0.29) is 11.7 Å². The van der Waals surface area contributed by atoms with E-state index in [0.717, 1.165) is 16.5 Å². The number of H-pyrrole nitrogens is 2. The highest BCUT2D eigenvalue weighted by Crippen LogP contribution is 2.28. The van der Waals surface area contributed by atoms with Crippen LogP contribution in [-0.2, 0) is 0 Å². The van der Waals surface area contributed by atoms with Gasteiger partial charge < -0.3 is 15.1 Å². The second-order valence-corrected chi connectivity index (χ2v) is 6.82. The monoisotopic (exact) mass is 395 g/mol. The molecule has 0 unspecified atom stereocenters. The van der Waals surface area contributed by atoms with Gasteiger partial charge in [-0.1, -0.05) is 30.3 Å². The molecule has 0 spiro atoms. The molecule has 7 heteroatoms. The number of phenols is 1. The summed E-state index contributed by atoms with van der Waals surface area (Å²) < 4.78 is 0. The molecular weight excluding hydrogens is 378 g/mol. The lowest BCUT2D eigenvalue weighted by molar-refractivity contribution is 0.0955. The number of aromatic amines is 2. The Labute approximate surface area is 171 Å². The number of nitrogens with zero attached hydrogens (tertiary/aromatic N) is 2. The molecule has 0 saturated carbocycles. The number of hydrazone groups is 1. The van der Waals surface area contributed by atoms with Gasteiger partial charge in [0.2, 0.25) is 0 Å². The summed E-state index contributed by atoms with van der Waals surface area (Å²) in [5, 5.41) is 15.1. The van der Waals surface area contributed by atoms with Crippen molar-refractivity contribution in [3.63, 3.8) is 0 Å². The summed E-state index contributed by atoms with van der Waals surface area (Å²) in [5.41, 5.74) is 6.90. The smallest absolute Gasteiger partial charge is 0.271 e. The Morgan fingerprint density at radius 1 is 1.03 bits per heavy atom. The molecule has 0 aliphatic carbocycles. The maximum Gasteiger partial charge on any atom is 0.271 e. The van der Waals surface area contributed by atoms with Crippen molar-refractivity contribution in [3.8, 4) is 17.1 Å². The fraction of sp³-hybridized carbons (Fsp3) is 0. The Hall–Kier alpha value is -4.39. The zero-order chi connectivity index (χ0) is 20.5. The van der Waals surface area contributed by atoms with Crippen LogP contribution in [0.15, 0.2) is 78.0 Å². The zero-order valence-electron chi connectivity index (χ0n) is 15.8. The highest BCUT2D eigenvalue weighted by Gasteiger charge is 2.11. The van der Waals surface area contributed by atoms with Crippen LogP contribution in [0, 0.1) is 0 Å². The van der Waals surface area contributed by atoms with E-state index in [1.54, 1.807) is 42.6 Å². The van der Waals surface area contributed by atoms with Crippen molar-refractivity contribution in [2.24, 2.45) is 5.10 Å². The molecule has 2 heterocycles. The maximum atomic E-state index is 12.5. The van der Waals surface area contributed by atoms with Crippen molar-refractivity contribution < 1.29 is 9.90 Å². The first kappa shape index (κ1) is 17.7. The van der Waals surface area contributed by atoms with Crippen molar-refractivity contribution in [2.75, 3.05) is 0 Å². The van der Waals surface area contributed by atoms with E-state index in [0.29, 0.717) is 28.0 Å². The van der Waals surface area contributed by atoms with Gasteiger partial charge in [0.15, 0.2) is 0 Å². The Kier molecular flexibility index (Phi) is 4.25. The number of imidazole rings is 1. The first-order valence-corrected chi connectivity index (χ1v) is 9.37. The number of amides is 1. The fourth-order valence-electron chi connectivity index (χ4n) is 3.38. The highest BCUT2D eigenvalue weighted by molar-refractivity contribution is 6.01. The van der Waals surface area contributed by atoms with Crippen molar-refractivity contribution in [1.29, 1.82) is 0 Å². The van der Waals surface area contributed by atoms with Crippen LogP contribution in [0.1, 0.15) is 15.9 Å². The van der Waals surface area contributed by atoms with Crippen LogP contribution < -0.4 is 5.43 Å². The molecule has 146 valence electrons. The van der Waals surface area contributed by atoms with Crippen molar-refractivity contribution >= 4 is 34.1 Å². The Morgan fingerprint density at radius 2 is 1.87 bits per heavy atom. The van der Waals surface area contributed by atoms with E-state index >= 15 is 0 Å². The van der Waals surface area contributed by atoms with Gasteiger partial charge in [-0.3, -0.25) is 4.79 Å². The molecule has 3 aromatic carbocycles. The largest absolute Gasteiger partial charge is 0.507 e. The van der Waals surface area contributed by atoms with Crippen LogP contribution in [0.5, 0.6) is 5.75 Å². The van der Waals surface area contributed by atoms with E-state index in [1.807, 2.05) is 36.5 Å². The predicted octanol–water partition coefficient (Wildman–Crippen LogP) is 4.18. The number of carbonyl (C=O) groups is 1. The average Bonchev–Trinajstić information content (AvgIpc) is 3.37. The van der Waals surface area contributed by atoms with Gasteiger partial charge in [0.1, 0.15) is 11.6 Å². The minimum atomic E-state index is -0.327. The molecule has 0 aliphatic rings. The van der Waals surface area contributed by atoms with E-state index in [2.05, 4.69) is 25.5 Å². The first-order valence-electron chi connectivity index (χ1n) is 9.37. The number of carbonyl (C=O) groups excluding carboxylic acids is 1. The molecule has 7 nitrogen and oxygen atoms in total. The number of aromatic nitrogens is 3. The summed E-state index contributed by atoms with van der Waals surface area (Å²) in [6.07, 6.45) is 3.46. The van der Waals surface area contributed by atoms with Gasteiger partial charge in [0.25, 0.3) is 5.91 Å². The number of hydrogen-bond acceptors (Lipinski definition) is 4. The molecule has 0 bridgehead atoms. The molecular formula is C23H17N5O2. The Balaban J connectivity index is 1.36. The molecule has 0 radical (unpaired) electrons. The van der Waals surface area contributed by atoms with Gasteiger partial charge in [-0.2, -0.15) is 5.10 Å². The minimum absolute atomic E-state index is 0.140. The second kappa shape index (κ2) is 7.21. The maximum absolute atomic E-state index is 12.5. The number of nitrogens with one attached hydrogen (secondary N) is 3. The molecule has 30 heavy (non-hydrogen) atoms. The van der Waals surface area contributed by atoms with E-state index in [9.17, 15) is 9.90 Å². The number of rotatable bonds is 4. The van der Waals surface area contributed by atoms with Crippen LogP contribution >= 0.6 is 0 Å². The van der Waals surface area contributed by atoms with Gasteiger partial charge >= 0.3 is 0 Å². The molecule has 0 fully saturated rings. The number of benzene rings is 3. The number of para-hydroxylation sites is 2. The SMILES string of the molecule is O=C(N/N=C/c1c[nH]c2ccccc12)c1ccc2nc(-c3ccccc3O)[nH]c2c1. The minimum Gasteiger partial charge on any atom is -0.507 e. The first-order chi connectivity index (χ1) is 14.7. The summed E-state index contributed by atoms with van der Waals surface area (Å²) >= 11 is 0. The van der Waals surface area contributed by atoms with Crippen molar-refractivity contribution in [3.05, 3.63) is 84.1 Å².